The zero-order chi connectivity index (χ0) is 20.0. The molecule has 1 aliphatic carbocycles. The number of nitrogens with one attached hydrogen (secondary N) is 2. The molecule has 7 heteroatoms. The van der Waals surface area contributed by atoms with E-state index in [1.54, 1.807) is 11.3 Å². The van der Waals surface area contributed by atoms with Crippen LogP contribution >= 0.6 is 11.3 Å². The molecular weight excluding hydrogens is 370 g/mol. The van der Waals surface area contributed by atoms with Gasteiger partial charge in [-0.05, 0) is 12.8 Å². The monoisotopic (exact) mass is 407 g/mol. The third kappa shape index (κ3) is 5.45. The molecule has 2 fully saturated rings. The van der Waals surface area contributed by atoms with E-state index in [4.69, 9.17) is 9.72 Å². The molecule has 158 valence electrons. The second-order valence-corrected chi connectivity index (χ2v) is 9.92. The first-order valence-electron chi connectivity index (χ1n) is 10.7. The Labute approximate surface area is 174 Å². The number of hydrogen-bond donors (Lipinski definition) is 2. The second-order valence-electron chi connectivity index (χ2n) is 9.06. The van der Waals surface area contributed by atoms with Crippen LogP contribution in [0, 0.1) is 0 Å². The number of nitrogens with zero attached hydrogens (tertiary/aromatic N) is 3. The van der Waals surface area contributed by atoms with Crippen molar-refractivity contribution in [1.82, 2.24) is 20.5 Å². The van der Waals surface area contributed by atoms with Gasteiger partial charge >= 0.3 is 0 Å². The molecule has 1 saturated carbocycles. The zero-order valence-electron chi connectivity index (χ0n) is 18.0. The molecule has 6 nitrogen and oxygen atoms in total. The maximum atomic E-state index is 5.59. The first-order chi connectivity index (χ1) is 13.4. The van der Waals surface area contributed by atoms with Gasteiger partial charge in [-0.1, -0.05) is 40.0 Å². The van der Waals surface area contributed by atoms with E-state index < -0.39 is 0 Å². The lowest BCUT2D eigenvalue weighted by atomic mass is 9.80. The van der Waals surface area contributed by atoms with E-state index >= 15 is 0 Å². The van der Waals surface area contributed by atoms with Crippen LogP contribution in [0.3, 0.4) is 0 Å². The van der Waals surface area contributed by atoms with Crippen LogP contribution in [-0.2, 0) is 16.7 Å². The van der Waals surface area contributed by atoms with Crippen LogP contribution in [0.5, 0.6) is 0 Å². The van der Waals surface area contributed by atoms with Crippen molar-refractivity contribution in [2.75, 3.05) is 39.9 Å². The molecule has 0 atom stereocenters. The number of hydrogen-bond acceptors (Lipinski definition) is 5. The van der Waals surface area contributed by atoms with Crippen molar-refractivity contribution in [2.45, 2.75) is 70.4 Å². The Hall–Kier alpha value is -1.18. The summed E-state index contributed by atoms with van der Waals surface area (Å²) in [6, 6.07) is 0. The van der Waals surface area contributed by atoms with E-state index in [9.17, 15) is 0 Å². The van der Waals surface area contributed by atoms with E-state index in [0.29, 0.717) is 6.54 Å². The first-order valence-corrected chi connectivity index (χ1v) is 11.5. The van der Waals surface area contributed by atoms with E-state index in [2.05, 4.69) is 46.7 Å². The molecule has 1 aromatic rings. The number of rotatable bonds is 5. The van der Waals surface area contributed by atoms with Crippen LogP contribution in [0.25, 0.3) is 0 Å². The maximum absolute atomic E-state index is 5.59. The van der Waals surface area contributed by atoms with Gasteiger partial charge in [-0.2, -0.15) is 0 Å². The Morgan fingerprint density at radius 2 is 1.93 bits per heavy atom. The van der Waals surface area contributed by atoms with Gasteiger partial charge in [0.2, 0.25) is 0 Å². The summed E-state index contributed by atoms with van der Waals surface area (Å²) >= 11 is 1.74. The Bertz CT molecular complexity index is 639. The van der Waals surface area contributed by atoms with Crippen molar-refractivity contribution < 1.29 is 4.74 Å². The third-order valence-corrected chi connectivity index (χ3v) is 7.22. The van der Waals surface area contributed by atoms with Crippen molar-refractivity contribution in [3.05, 3.63) is 16.1 Å². The van der Waals surface area contributed by atoms with Crippen molar-refractivity contribution in [3.8, 4) is 0 Å². The molecule has 0 radical (unpaired) electrons. The standard InChI is InChI=1S/C21H37N5OS/c1-20(2,3)18-25-17(15-28-18)14-23-19(22-4)24-16-21(8-6-5-7-9-21)26-10-12-27-13-11-26/h15H,5-14,16H2,1-4H3,(H2,22,23,24). The van der Waals surface area contributed by atoms with Gasteiger partial charge < -0.3 is 15.4 Å². The molecule has 2 heterocycles. The molecule has 0 unspecified atom stereocenters. The molecule has 1 aliphatic heterocycles. The highest BCUT2D eigenvalue weighted by molar-refractivity contribution is 7.09. The summed E-state index contributed by atoms with van der Waals surface area (Å²) in [6.45, 7) is 12.1. The van der Waals surface area contributed by atoms with E-state index in [-0.39, 0.29) is 11.0 Å². The number of aliphatic imine (C=N–C) groups is 1. The molecule has 0 bridgehead atoms. The van der Waals surface area contributed by atoms with Gasteiger partial charge in [0.25, 0.3) is 0 Å². The molecule has 2 aliphatic rings. The Balaban J connectivity index is 1.56. The largest absolute Gasteiger partial charge is 0.379 e. The summed E-state index contributed by atoms with van der Waals surface area (Å²) in [6.07, 6.45) is 6.52. The molecule has 0 spiro atoms. The summed E-state index contributed by atoms with van der Waals surface area (Å²) in [7, 11) is 1.85. The number of guanidine groups is 1. The quantitative estimate of drug-likeness (QED) is 0.580. The summed E-state index contributed by atoms with van der Waals surface area (Å²) in [5.41, 5.74) is 1.42. The van der Waals surface area contributed by atoms with Gasteiger partial charge in [0.1, 0.15) is 0 Å². The second kappa shape index (κ2) is 9.55. The Kier molecular flexibility index (Phi) is 7.34. The number of aromatic nitrogens is 1. The number of ether oxygens (including phenoxy) is 1. The summed E-state index contributed by atoms with van der Waals surface area (Å²) in [5, 5.41) is 10.4. The predicted molar refractivity (Wildman–Crippen MR) is 117 cm³/mol. The fraction of sp³-hybridized carbons (Fsp3) is 0.810. The maximum Gasteiger partial charge on any atom is 0.191 e. The summed E-state index contributed by atoms with van der Waals surface area (Å²) < 4.78 is 5.59. The molecule has 3 rings (SSSR count). The van der Waals surface area contributed by atoms with Crippen molar-refractivity contribution >= 4 is 17.3 Å². The molecule has 1 saturated heterocycles. The Morgan fingerprint density at radius 3 is 2.54 bits per heavy atom. The van der Waals surface area contributed by atoms with Crippen LogP contribution in [0.4, 0.5) is 0 Å². The van der Waals surface area contributed by atoms with Crippen LogP contribution in [-0.4, -0.2) is 61.3 Å². The molecular formula is C21H37N5OS. The lowest BCUT2D eigenvalue weighted by Crippen LogP contribution is -2.60. The fourth-order valence-corrected chi connectivity index (χ4v) is 5.14. The van der Waals surface area contributed by atoms with Crippen LogP contribution in [0.2, 0.25) is 0 Å². The van der Waals surface area contributed by atoms with Gasteiger partial charge in [-0.15, -0.1) is 11.3 Å². The topological polar surface area (TPSA) is 61.8 Å². The average Bonchev–Trinajstić information content (AvgIpc) is 3.19. The van der Waals surface area contributed by atoms with Crippen molar-refractivity contribution in [2.24, 2.45) is 4.99 Å². The number of thiazole rings is 1. The van der Waals surface area contributed by atoms with E-state index in [1.807, 2.05) is 7.05 Å². The lowest BCUT2D eigenvalue weighted by Gasteiger charge is -2.48. The van der Waals surface area contributed by atoms with Gasteiger partial charge in [-0.3, -0.25) is 9.89 Å². The van der Waals surface area contributed by atoms with Crippen LogP contribution in [0.1, 0.15) is 63.6 Å². The minimum Gasteiger partial charge on any atom is -0.379 e. The number of morpholine rings is 1. The molecule has 1 aromatic heterocycles. The molecule has 2 N–H and O–H groups in total. The van der Waals surface area contributed by atoms with Crippen LogP contribution in [0.15, 0.2) is 10.4 Å². The molecule has 0 amide bonds. The molecule has 28 heavy (non-hydrogen) atoms. The molecule has 0 aromatic carbocycles. The lowest BCUT2D eigenvalue weighted by molar-refractivity contribution is -0.0352. The van der Waals surface area contributed by atoms with Gasteiger partial charge in [0.05, 0.1) is 30.5 Å². The van der Waals surface area contributed by atoms with Gasteiger partial charge in [0, 0.05) is 43.0 Å². The fourth-order valence-electron chi connectivity index (χ4n) is 4.23. The van der Waals surface area contributed by atoms with Gasteiger partial charge in [-0.25, -0.2) is 4.98 Å². The van der Waals surface area contributed by atoms with Crippen molar-refractivity contribution in [1.29, 1.82) is 0 Å². The van der Waals surface area contributed by atoms with Gasteiger partial charge in [0.15, 0.2) is 5.96 Å². The third-order valence-electron chi connectivity index (χ3n) is 5.90. The minimum absolute atomic E-state index is 0.106. The normalized spacial score (nSPS) is 21.5. The van der Waals surface area contributed by atoms with Crippen LogP contribution < -0.4 is 10.6 Å². The summed E-state index contributed by atoms with van der Waals surface area (Å²) in [5.74, 6) is 0.864. The predicted octanol–water partition coefficient (Wildman–Crippen LogP) is 3.14. The highest BCUT2D eigenvalue weighted by Crippen LogP contribution is 2.33. The van der Waals surface area contributed by atoms with Crippen molar-refractivity contribution in [3.63, 3.8) is 0 Å². The van der Waals surface area contributed by atoms with E-state index in [0.717, 1.165) is 44.5 Å². The average molecular weight is 408 g/mol. The van der Waals surface area contributed by atoms with E-state index in [1.165, 1.54) is 37.1 Å². The SMILES string of the molecule is CN=C(NCc1csc(C(C)(C)C)n1)NCC1(N2CCOCC2)CCCCC1. The highest BCUT2D eigenvalue weighted by Gasteiger charge is 2.38. The first kappa shape index (κ1) is 21.5. The highest BCUT2D eigenvalue weighted by atomic mass is 32.1. The minimum atomic E-state index is 0.106. The summed E-state index contributed by atoms with van der Waals surface area (Å²) in [4.78, 5) is 11.9. The Morgan fingerprint density at radius 1 is 1.21 bits per heavy atom. The smallest absolute Gasteiger partial charge is 0.191 e. The zero-order valence-corrected chi connectivity index (χ0v) is 18.8.